The number of methoxy groups -OCH3 is 1. The molecular weight excluding hydrogens is 526 g/mol. The summed E-state index contributed by atoms with van der Waals surface area (Å²) in [5, 5.41) is 5.74. The summed E-state index contributed by atoms with van der Waals surface area (Å²) in [4.78, 5) is 48.7. The molecule has 1 aliphatic heterocycles. The molecule has 0 radical (unpaired) electrons. The number of nitrogens with one attached hydrogen (secondary N) is 1. The van der Waals surface area contributed by atoms with Crippen LogP contribution in [0.5, 0.6) is 0 Å². The van der Waals surface area contributed by atoms with Gasteiger partial charge in [0.15, 0.2) is 5.13 Å². The minimum absolute atomic E-state index is 0.0100. The summed E-state index contributed by atoms with van der Waals surface area (Å²) in [6.45, 7) is 3.37. The molecule has 1 aromatic heterocycles. The zero-order valence-corrected chi connectivity index (χ0v) is 23.4. The number of halogens is 1. The Kier molecular flexibility index (Phi) is 10.4. The first-order valence-electron chi connectivity index (χ1n) is 13.2. The SMILES string of the molecule is COCCN(CC(=O)Nc1nc(CC(=O)N2CCN(c3ccccc3Cl)CC2)cs1)C(=O)C1CCCCC1. The van der Waals surface area contributed by atoms with Crippen molar-refractivity contribution in [1.82, 2.24) is 14.8 Å². The van der Waals surface area contributed by atoms with Crippen molar-refractivity contribution in [3.8, 4) is 0 Å². The lowest BCUT2D eigenvalue weighted by atomic mass is 9.88. The number of anilines is 2. The van der Waals surface area contributed by atoms with Crippen LogP contribution in [0.4, 0.5) is 10.8 Å². The average molecular weight is 562 g/mol. The molecule has 2 fully saturated rings. The highest BCUT2D eigenvalue weighted by molar-refractivity contribution is 7.13. The van der Waals surface area contributed by atoms with Crippen molar-refractivity contribution >= 4 is 51.5 Å². The monoisotopic (exact) mass is 561 g/mol. The molecule has 206 valence electrons. The summed E-state index contributed by atoms with van der Waals surface area (Å²) in [6, 6.07) is 7.74. The largest absolute Gasteiger partial charge is 0.383 e. The van der Waals surface area contributed by atoms with Gasteiger partial charge in [-0.3, -0.25) is 14.4 Å². The van der Waals surface area contributed by atoms with Gasteiger partial charge in [0.25, 0.3) is 0 Å². The molecule has 0 atom stereocenters. The molecule has 2 aromatic rings. The van der Waals surface area contributed by atoms with Crippen molar-refractivity contribution in [2.75, 3.05) is 63.2 Å². The molecule has 1 N–H and O–H groups in total. The smallest absolute Gasteiger partial charge is 0.245 e. The maximum atomic E-state index is 13.0. The number of carbonyl (C=O) groups is 3. The van der Waals surface area contributed by atoms with Gasteiger partial charge in [-0.1, -0.05) is 43.0 Å². The fraction of sp³-hybridized carbons (Fsp3) is 0.556. The number of ether oxygens (including phenoxy) is 1. The number of para-hydroxylation sites is 1. The van der Waals surface area contributed by atoms with E-state index in [0.717, 1.165) is 37.8 Å². The zero-order valence-electron chi connectivity index (χ0n) is 21.9. The molecule has 9 nitrogen and oxygen atoms in total. The number of benzene rings is 1. The van der Waals surface area contributed by atoms with E-state index in [1.807, 2.05) is 29.2 Å². The van der Waals surface area contributed by atoms with E-state index in [2.05, 4.69) is 15.2 Å². The number of amides is 3. The van der Waals surface area contributed by atoms with E-state index in [0.29, 0.717) is 55.2 Å². The number of nitrogens with zero attached hydrogens (tertiary/aromatic N) is 4. The summed E-state index contributed by atoms with van der Waals surface area (Å²) in [5.41, 5.74) is 1.61. The molecule has 1 aromatic carbocycles. The molecule has 11 heteroatoms. The molecule has 2 heterocycles. The number of piperazine rings is 1. The molecular formula is C27H36ClN5O4S. The lowest BCUT2D eigenvalue weighted by Crippen LogP contribution is -2.49. The molecule has 4 rings (SSSR count). The van der Waals surface area contributed by atoms with Gasteiger partial charge >= 0.3 is 0 Å². The summed E-state index contributed by atoms with van der Waals surface area (Å²) in [5.74, 6) is -0.279. The van der Waals surface area contributed by atoms with Crippen molar-refractivity contribution in [3.63, 3.8) is 0 Å². The number of aromatic nitrogens is 1. The van der Waals surface area contributed by atoms with Gasteiger partial charge in [0.05, 0.1) is 29.4 Å². The highest BCUT2D eigenvalue weighted by Gasteiger charge is 2.28. The zero-order chi connectivity index (χ0) is 26.9. The van der Waals surface area contributed by atoms with Crippen LogP contribution >= 0.6 is 22.9 Å². The van der Waals surface area contributed by atoms with Crippen LogP contribution in [0.3, 0.4) is 0 Å². The van der Waals surface area contributed by atoms with Crippen molar-refractivity contribution in [2.24, 2.45) is 5.92 Å². The highest BCUT2D eigenvalue weighted by Crippen LogP contribution is 2.27. The van der Waals surface area contributed by atoms with Crippen molar-refractivity contribution in [3.05, 3.63) is 40.4 Å². The number of hydrogen-bond acceptors (Lipinski definition) is 7. The average Bonchev–Trinajstić information content (AvgIpc) is 3.37. The van der Waals surface area contributed by atoms with Gasteiger partial charge in [0.2, 0.25) is 17.7 Å². The van der Waals surface area contributed by atoms with E-state index in [1.165, 1.54) is 11.3 Å². The highest BCUT2D eigenvalue weighted by atomic mass is 35.5. The first-order chi connectivity index (χ1) is 18.4. The van der Waals surface area contributed by atoms with Crippen LogP contribution < -0.4 is 10.2 Å². The topological polar surface area (TPSA) is 95.1 Å². The summed E-state index contributed by atoms with van der Waals surface area (Å²) in [7, 11) is 1.58. The molecule has 0 bridgehead atoms. The van der Waals surface area contributed by atoms with E-state index in [-0.39, 0.29) is 36.6 Å². The van der Waals surface area contributed by atoms with Gasteiger partial charge in [-0.05, 0) is 25.0 Å². The van der Waals surface area contributed by atoms with Gasteiger partial charge < -0.3 is 24.8 Å². The van der Waals surface area contributed by atoms with E-state index < -0.39 is 0 Å². The van der Waals surface area contributed by atoms with Crippen LogP contribution in [0.2, 0.25) is 5.02 Å². The number of carbonyl (C=O) groups excluding carboxylic acids is 3. The Labute approximate surface area is 233 Å². The second-order valence-electron chi connectivity index (χ2n) is 9.78. The first kappa shape index (κ1) is 28.3. The molecule has 0 spiro atoms. The third kappa shape index (κ3) is 7.68. The third-order valence-corrected chi connectivity index (χ3v) is 8.25. The fourth-order valence-electron chi connectivity index (χ4n) is 5.03. The predicted octanol–water partition coefficient (Wildman–Crippen LogP) is 3.68. The molecule has 2 aliphatic rings. The van der Waals surface area contributed by atoms with Gasteiger partial charge in [-0.25, -0.2) is 4.98 Å². The quantitative estimate of drug-likeness (QED) is 0.475. The molecule has 38 heavy (non-hydrogen) atoms. The van der Waals surface area contributed by atoms with Gasteiger partial charge in [-0.15, -0.1) is 11.3 Å². The van der Waals surface area contributed by atoms with Crippen molar-refractivity contribution in [2.45, 2.75) is 38.5 Å². The van der Waals surface area contributed by atoms with Crippen LogP contribution in [-0.2, 0) is 25.5 Å². The lowest BCUT2D eigenvalue weighted by Gasteiger charge is -2.36. The Morgan fingerprint density at radius 2 is 1.87 bits per heavy atom. The molecule has 1 saturated heterocycles. The van der Waals surface area contributed by atoms with Gasteiger partial charge in [-0.2, -0.15) is 0 Å². The number of thiazole rings is 1. The Morgan fingerprint density at radius 1 is 1.13 bits per heavy atom. The van der Waals surface area contributed by atoms with Crippen LogP contribution in [0.25, 0.3) is 0 Å². The Balaban J connectivity index is 1.25. The van der Waals surface area contributed by atoms with Crippen LogP contribution in [0, 0.1) is 5.92 Å². The first-order valence-corrected chi connectivity index (χ1v) is 14.5. The molecule has 3 amide bonds. The van der Waals surface area contributed by atoms with Crippen molar-refractivity contribution in [1.29, 1.82) is 0 Å². The van der Waals surface area contributed by atoms with Crippen LogP contribution in [-0.4, -0.2) is 85.5 Å². The third-order valence-electron chi connectivity index (χ3n) is 7.12. The predicted molar refractivity (Wildman–Crippen MR) is 150 cm³/mol. The summed E-state index contributed by atoms with van der Waals surface area (Å²) >= 11 is 7.60. The van der Waals surface area contributed by atoms with E-state index in [9.17, 15) is 14.4 Å². The molecule has 1 saturated carbocycles. The van der Waals surface area contributed by atoms with E-state index >= 15 is 0 Å². The lowest BCUT2D eigenvalue weighted by molar-refractivity contribution is -0.140. The number of rotatable bonds is 10. The summed E-state index contributed by atoms with van der Waals surface area (Å²) < 4.78 is 5.15. The second-order valence-corrected chi connectivity index (χ2v) is 11.0. The van der Waals surface area contributed by atoms with E-state index in [1.54, 1.807) is 17.4 Å². The Bertz CT molecular complexity index is 1100. The van der Waals surface area contributed by atoms with Crippen molar-refractivity contribution < 1.29 is 19.1 Å². The maximum Gasteiger partial charge on any atom is 0.245 e. The Hall–Kier alpha value is -2.69. The Morgan fingerprint density at radius 3 is 2.58 bits per heavy atom. The summed E-state index contributed by atoms with van der Waals surface area (Å²) in [6.07, 6.45) is 5.21. The maximum absolute atomic E-state index is 13.0. The normalized spacial score (nSPS) is 16.4. The minimum Gasteiger partial charge on any atom is -0.383 e. The fourth-order valence-corrected chi connectivity index (χ4v) is 6.01. The second kappa shape index (κ2) is 13.9. The number of hydrogen-bond donors (Lipinski definition) is 1. The van der Waals surface area contributed by atoms with E-state index in [4.69, 9.17) is 16.3 Å². The van der Waals surface area contributed by atoms with Gasteiger partial charge in [0.1, 0.15) is 6.54 Å². The standard InChI is InChI=1S/C27H36ClN5O4S/c1-37-16-15-33(26(36)20-7-3-2-4-8-20)18-24(34)30-27-29-21(19-38-27)17-25(35)32-13-11-31(12-14-32)23-10-6-5-9-22(23)28/h5-6,9-10,19-20H,2-4,7-8,11-18H2,1H3,(H,29,30,34). The van der Waals surface area contributed by atoms with Crippen LogP contribution in [0.1, 0.15) is 37.8 Å². The molecule has 1 aliphatic carbocycles. The van der Waals surface area contributed by atoms with Crippen LogP contribution in [0.15, 0.2) is 29.6 Å². The molecule has 0 unspecified atom stereocenters. The van der Waals surface area contributed by atoms with Gasteiger partial charge in [0, 0.05) is 51.1 Å². The minimum atomic E-state index is -0.298.